The van der Waals surface area contributed by atoms with E-state index in [1.54, 1.807) is 12.1 Å². The lowest BCUT2D eigenvalue weighted by atomic mass is 9.90. The molecule has 9 heteroatoms. The maximum atomic E-state index is 14.8. The van der Waals surface area contributed by atoms with Gasteiger partial charge in [-0.3, -0.25) is 14.6 Å². The van der Waals surface area contributed by atoms with E-state index >= 15 is 0 Å². The number of carbonyl (C=O) groups is 2. The standard InChI is InChI=1S/C29H27FN4O4/c1-16-20(18-10-24(30)23(13-31)27(11-18)38-3)6-4-7-21(16)22-8-5-9-25(17(22)2)34-29(37)26-15-32-19(14-33-26)12-28(35)36/h4-11,14-15H,12-13,31H2,1-3H3,(H,34,37)(H,35,36). The summed E-state index contributed by atoms with van der Waals surface area (Å²) in [4.78, 5) is 31.7. The summed E-state index contributed by atoms with van der Waals surface area (Å²) in [5, 5.41) is 11.7. The third-order valence-electron chi connectivity index (χ3n) is 6.37. The van der Waals surface area contributed by atoms with Gasteiger partial charge in [0.15, 0.2) is 0 Å². The van der Waals surface area contributed by atoms with Gasteiger partial charge in [-0.25, -0.2) is 9.37 Å². The van der Waals surface area contributed by atoms with Crippen LogP contribution in [-0.4, -0.2) is 34.1 Å². The molecule has 0 atom stereocenters. The fourth-order valence-electron chi connectivity index (χ4n) is 4.35. The van der Waals surface area contributed by atoms with Crippen LogP contribution in [0, 0.1) is 19.7 Å². The molecule has 4 N–H and O–H groups in total. The fraction of sp³-hybridized carbons (Fsp3) is 0.172. The Balaban J connectivity index is 1.67. The van der Waals surface area contributed by atoms with Gasteiger partial charge in [-0.2, -0.15) is 0 Å². The predicted molar refractivity (Wildman–Crippen MR) is 143 cm³/mol. The third-order valence-corrected chi connectivity index (χ3v) is 6.37. The van der Waals surface area contributed by atoms with Crippen molar-refractivity contribution in [1.29, 1.82) is 0 Å². The lowest BCUT2D eigenvalue weighted by molar-refractivity contribution is -0.136. The summed E-state index contributed by atoms with van der Waals surface area (Å²) in [6.07, 6.45) is 2.26. The van der Waals surface area contributed by atoms with Crippen LogP contribution in [0.1, 0.15) is 32.9 Å². The smallest absolute Gasteiger partial charge is 0.309 e. The molecule has 0 unspecified atom stereocenters. The zero-order valence-corrected chi connectivity index (χ0v) is 21.2. The molecule has 0 radical (unpaired) electrons. The Labute approximate surface area is 219 Å². The van der Waals surface area contributed by atoms with Gasteiger partial charge in [0.05, 0.1) is 25.4 Å². The molecule has 4 rings (SSSR count). The van der Waals surface area contributed by atoms with Crippen LogP contribution in [0.25, 0.3) is 22.3 Å². The highest BCUT2D eigenvalue weighted by Gasteiger charge is 2.17. The summed E-state index contributed by atoms with van der Waals surface area (Å²) in [5.41, 5.74) is 12.0. The number of benzene rings is 3. The van der Waals surface area contributed by atoms with Gasteiger partial charge < -0.3 is 20.9 Å². The predicted octanol–water partition coefficient (Wildman–Crippen LogP) is 4.91. The number of halogens is 1. The normalized spacial score (nSPS) is 10.8. The Hall–Kier alpha value is -4.63. The molecule has 0 aliphatic rings. The van der Waals surface area contributed by atoms with Crippen molar-refractivity contribution in [3.8, 4) is 28.0 Å². The zero-order valence-electron chi connectivity index (χ0n) is 21.2. The number of nitrogens with zero attached hydrogens (tertiary/aromatic N) is 2. The largest absolute Gasteiger partial charge is 0.496 e. The Bertz CT molecular complexity index is 1520. The van der Waals surface area contributed by atoms with E-state index in [1.165, 1.54) is 25.6 Å². The average molecular weight is 515 g/mol. The molecule has 4 aromatic rings. The Morgan fingerprint density at radius 2 is 1.68 bits per heavy atom. The van der Waals surface area contributed by atoms with E-state index in [9.17, 15) is 14.0 Å². The van der Waals surface area contributed by atoms with Crippen molar-refractivity contribution in [2.45, 2.75) is 26.8 Å². The monoisotopic (exact) mass is 514 g/mol. The number of carbonyl (C=O) groups excluding carboxylic acids is 1. The molecule has 0 fully saturated rings. The second-order valence-corrected chi connectivity index (χ2v) is 8.72. The van der Waals surface area contributed by atoms with Crippen LogP contribution in [0.15, 0.2) is 60.9 Å². The minimum atomic E-state index is -1.03. The van der Waals surface area contributed by atoms with Gasteiger partial charge in [-0.15, -0.1) is 0 Å². The summed E-state index contributed by atoms with van der Waals surface area (Å²) < 4.78 is 20.1. The number of amides is 1. The van der Waals surface area contributed by atoms with Gasteiger partial charge in [0.1, 0.15) is 17.3 Å². The molecule has 0 saturated heterocycles. The molecule has 0 bridgehead atoms. The summed E-state index contributed by atoms with van der Waals surface area (Å²) in [6.45, 7) is 3.90. The lowest BCUT2D eigenvalue weighted by Crippen LogP contribution is -2.15. The molecular formula is C29H27FN4O4. The first kappa shape index (κ1) is 26.4. The van der Waals surface area contributed by atoms with E-state index in [-0.39, 0.29) is 24.4 Å². The van der Waals surface area contributed by atoms with Crippen molar-refractivity contribution in [2.24, 2.45) is 5.73 Å². The van der Waals surface area contributed by atoms with Crippen molar-refractivity contribution in [3.05, 3.63) is 94.8 Å². The van der Waals surface area contributed by atoms with Gasteiger partial charge in [0, 0.05) is 24.0 Å². The van der Waals surface area contributed by atoms with E-state index in [1.807, 2.05) is 44.2 Å². The molecule has 0 saturated carbocycles. The van der Waals surface area contributed by atoms with E-state index in [4.69, 9.17) is 15.6 Å². The highest BCUT2D eigenvalue weighted by atomic mass is 19.1. The van der Waals surface area contributed by atoms with E-state index in [0.29, 0.717) is 22.6 Å². The SMILES string of the molecule is COc1cc(-c2cccc(-c3cccc(NC(=O)c4cnc(CC(=O)O)cn4)c3C)c2C)cc(F)c1CN. The fourth-order valence-corrected chi connectivity index (χ4v) is 4.35. The highest BCUT2D eigenvalue weighted by molar-refractivity contribution is 6.03. The molecule has 3 aromatic carbocycles. The molecule has 0 aliphatic heterocycles. The highest BCUT2D eigenvalue weighted by Crippen LogP contribution is 2.37. The number of hydrogen-bond donors (Lipinski definition) is 3. The summed E-state index contributed by atoms with van der Waals surface area (Å²) in [7, 11) is 1.49. The van der Waals surface area contributed by atoms with Crippen LogP contribution in [0.3, 0.4) is 0 Å². The first-order valence-corrected chi connectivity index (χ1v) is 11.8. The minimum absolute atomic E-state index is 0.0318. The van der Waals surface area contributed by atoms with Crippen LogP contribution in [0.5, 0.6) is 5.75 Å². The van der Waals surface area contributed by atoms with Crippen molar-refractivity contribution >= 4 is 17.6 Å². The minimum Gasteiger partial charge on any atom is -0.496 e. The lowest BCUT2D eigenvalue weighted by Gasteiger charge is -2.17. The number of hydrogen-bond acceptors (Lipinski definition) is 6. The maximum Gasteiger partial charge on any atom is 0.309 e. The van der Waals surface area contributed by atoms with Crippen molar-refractivity contribution in [2.75, 3.05) is 12.4 Å². The Morgan fingerprint density at radius 3 is 2.32 bits per heavy atom. The number of carboxylic acid groups (broad SMARTS) is 1. The average Bonchev–Trinajstić information content (AvgIpc) is 2.89. The quantitative estimate of drug-likeness (QED) is 0.305. The molecule has 38 heavy (non-hydrogen) atoms. The van der Waals surface area contributed by atoms with Gasteiger partial charge in [-0.05, 0) is 65.4 Å². The van der Waals surface area contributed by atoms with Crippen molar-refractivity contribution in [3.63, 3.8) is 0 Å². The summed E-state index contributed by atoms with van der Waals surface area (Å²) in [5.74, 6) is -1.52. The molecule has 194 valence electrons. The molecule has 8 nitrogen and oxygen atoms in total. The van der Waals surface area contributed by atoms with Crippen LogP contribution in [0.4, 0.5) is 10.1 Å². The third kappa shape index (κ3) is 5.37. The number of nitrogens with two attached hydrogens (primary N) is 1. The van der Waals surface area contributed by atoms with Crippen LogP contribution >= 0.6 is 0 Å². The molecule has 0 spiro atoms. The first-order valence-electron chi connectivity index (χ1n) is 11.8. The van der Waals surface area contributed by atoms with Crippen molar-refractivity contribution < 1.29 is 23.8 Å². The molecule has 1 aromatic heterocycles. The molecule has 1 amide bonds. The number of methoxy groups -OCH3 is 1. The maximum absolute atomic E-state index is 14.8. The molecular weight excluding hydrogens is 487 g/mol. The Kier molecular flexibility index (Phi) is 7.78. The number of aromatic nitrogens is 2. The van der Waals surface area contributed by atoms with Crippen LogP contribution in [0.2, 0.25) is 0 Å². The van der Waals surface area contributed by atoms with E-state index in [0.717, 1.165) is 27.8 Å². The second-order valence-electron chi connectivity index (χ2n) is 8.72. The number of rotatable bonds is 8. The number of aliphatic carboxylic acids is 1. The topological polar surface area (TPSA) is 127 Å². The number of nitrogens with one attached hydrogen (secondary N) is 1. The molecule has 1 heterocycles. The van der Waals surface area contributed by atoms with Gasteiger partial charge in [0.25, 0.3) is 5.91 Å². The van der Waals surface area contributed by atoms with Crippen LogP contribution < -0.4 is 15.8 Å². The van der Waals surface area contributed by atoms with Gasteiger partial charge in [-0.1, -0.05) is 30.3 Å². The number of ether oxygens (including phenoxy) is 1. The van der Waals surface area contributed by atoms with Gasteiger partial charge in [0.2, 0.25) is 0 Å². The number of carboxylic acids is 1. The summed E-state index contributed by atoms with van der Waals surface area (Å²) >= 11 is 0. The molecule has 0 aliphatic carbocycles. The first-order chi connectivity index (χ1) is 18.2. The Morgan fingerprint density at radius 1 is 1.00 bits per heavy atom. The van der Waals surface area contributed by atoms with E-state index < -0.39 is 17.7 Å². The summed E-state index contributed by atoms with van der Waals surface area (Å²) in [6, 6.07) is 14.6. The second kappa shape index (κ2) is 11.2. The zero-order chi connectivity index (χ0) is 27.4. The van der Waals surface area contributed by atoms with Gasteiger partial charge >= 0.3 is 5.97 Å². The van der Waals surface area contributed by atoms with Crippen LogP contribution in [-0.2, 0) is 17.8 Å². The van der Waals surface area contributed by atoms with E-state index in [2.05, 4.69) is 15.3 Å². The number of anilines is 1. The van der Waals surface area contributed by atoms with Crippen molar-refractivity contribution in [1.82, 2.24) is 9.97 Å².